The highest BCUT2D eigenvalue weighted by atomic mass is 31.2. The van der Waals surface area contributed by atoms with Crippen LogP contribution in [0.2, 0.25) is 0 Å². The summed E-state index contributed by atoms with van der Waals surface area (Å²) in [4.78, 5) is 71.6. The van der Waals surface area contributed by atoms with Crippen molar-refractivity contribution < 1.29 is 80.2 Å². The number of hydrogen-bond donors (Lipinski definition) is 3. The van der Waals surface area contributed by atoms with Crippen LogP contribution >= 0.6 is 15.6 Å². The zero-order valence-corrected chi connectivity index (χ0v) is 50.3. The number of rotatable bonds is 56. The fraction of sp³-hybridized carbons (Fsp3) is 0.930. The molecule has 0 spiro atoms. The molecule has 0 aromatic heterocycles. The molecule has 0 rings (SSSR count). The Morgan fingerprint density at radius 1 is 0.355 bits per heavy atom. The molecule has 450 valence electrons. The normalized spacial score (nSPS) is 14.5. The van der Waals surface area contributed by atoms with E-state index in [-0.39, 0.29) is 25.7 Å². The predicted octanol–water partition coefficient (Wildman–Crippen LogP) is 14.9. The number of carbonyl (C=O) groups is 4. The van der Waals surface area contributed by atoms with E-state index in [2.05, 4.69) is 41.5 Å². The minimum absolute atomic E-state index is 0.101. The van der Waals surface area contributed by atoms with E-state index in [1.165, 1.54) is 83.5 Å². The van der Waals surface area contributed by atoms with Gasteiger partial charge in [-0.05, 0) is 37.5 Å². The van der Waals surface area contributed by atoms with Gasteiger partial charge in [0.1, 0.15) is 19.3 Å². The number of carbonyl (C=O) groups excluding carboxylic acids is 4. The van der Waals surface area contributed by atoms with Crippen molar-refractivity contribution >= 4 is 39.5 Å². The van der Waals surface area contributed by atoms with Crippen LogP contribution in [0.4, 0.5) is 0 Å². The molecule has 76 heavy (non-hydrogen) atoms. The van der Waals surface area contributed by atoms with E-state index in [9.17, 15) is 43.2 Å². The maximum Gasteiger partial charge on any atom is 0.472 e. The van der Waals surface area contributed by atoms with E-state index < -0.39 is 97.5 Å². The summed E-state index contributed by atoms with van der Waals surface area (Å²) in [5, 5.41) is 10.5. The molecule has 19 heteroatoms. The van der Waals surface area contributed by atoms with Gasteiger partial charge in [-0.1, -0.05) is 221 Å². The standard InChI is InChI=1S/C57H110O17P2/c1-7-9-11-13-14-15-18-21-28-34-40-55(60)68-46-53(73-56(61)41-35-29-22-19-16-17-20-26-31-37-49(3)4)48-72-76(65,66)70-44-51(58)43-69-75(63,64)71-47-52(45-67-54(59)39-33-25-12-10-8-2)74-57(62)42-36-30-24-23-27-32-38-50(5)6/h49-53,58H,7-48H2,1-6H3,(H,63,64)(H,65,66)/t51-,52+,53+/m0/s1. The number of hydrogen-bond acceptors (Lipinski definition) is 15. The summed E-state index contributed by atoms with van der Waals surface area (Å²) in [5.41, 5.74) is 0. The van der Waals surface area contributed by atoms with E-state index in [0.29, 0.717) is 31.6 Å². The van der Waals surface area contributed by atoms with Crippen LogP contribution in [0.5, 0.6) is 0 Å². The first kappa shape index (κ1) is 74.1. The summed E-state index contributed by atoms with van der Waals surface area (Å²) in [5.74, 6) is -0.753. The van der Waals surface area contributed by atoms with Gasteiger partial charge in [0.15, 0.2) is 12.2 Å². The van der Waals surface area contributed by atoms with Crippen LogP contribution in [0.15, 0.2) is 0 Å². The van der Waals surface area contributed by atoms with Crippen molar-refractivity contribution in [2.24, 2.45) is 11.8 Å². The highest BCUT2D eigenvalue weighted by molar-refractivity contribution is 7.47. The first-order valence-corrected chi connectivity index (χ1v) is 33.0. The lowest BCUT2D eigenvalue weighted by molar-refractivity contribution is -0.161. The van der Waals surface area contributed by atoms with Crippen LogP contribution in [-0.4, -0.2) is 96.7 Å². The van der Waals surface area contributed by atoms with Gasteiger partial charge in [0.25, 0.3) is 0 Å². The lowest BCUT2D eigenvalue weighted by Gasteiger charge is -2.21. The Labute approximate surface area is 460 Å². The summed E-state index contributed by atoms with van der Waals surface area (Å²) in [6.07, 6.45) is 29.9. The van der Waals surface area contributed by atoms with Crippen molar-refractivity contribution in [2.45, 2.75) is 291 Å². The van der Waals surface area contributed by atoms with Crippen LogP contribution in [-0.2, 0) is 65.4 Å². The molecule has 0 aliphatic rings. The number of unbranched alkanes of at least 4 members (excludes halogenated alkanes) is 26. The van der Waals surface area contributed by atoms with E-state index in [1.807, 2.05) is 0 Å². The second kappa shape index (κ2) is 50.1. The quantitative estimate of drug-likeness (QED) is 0.0222. The third-order valence-corrected chi connectivity index (χ3v) is 14.9. The molecule has 0 aliphatic carbocycles. The van der Waals surface area contributed by atoms with Gasteiger partial charge in [0.05, 0.1) is 26.4 Å². The monoisotopic (exact) mass is 1130 g/mol. The van der Waals surface area contributed by atoms with Crippen LogP contribution in [0, 0.1) is 11.8 Å². The Morgan fingerprint density at radius 2 is 0.605 bits per heavy atom. The van der Waals surface area contributed by atoms with Gasteiger partial charge in [-0.2, -0.15) is 0 Å². The topological polar surface area (TPSA) is 237 Å². The van der Waals surface area contributed by atoms with Gasteiger partial charge in [-0.25, -0.2) is 9.13 Å². The van der Waals surface area contributed by atoms with E-state index in [4.69, 9.17) is 37.0 Å². The molecule has 0 saturated carbocycles. The van der Waals surface area contributed by atoms with Crippen LogP contribution in [0.25, 0.3) is 0 Å². The number of ether oxygens (including phenoxy) is 4. The number of esters is 4. The van der Waals surface area contributed by atoms with E-state index >= 15 is 0 Å². The second-order valence-electron chi connectivity index (χ2n) is 21.6. The number of phosphoric acid groups is 2. The molecule has 0 heterocycles. The highest BCUT2D eigenvalue weighted by Crippen LogP contribution is 2.45. The Kier molecular flexibility index (Phi) is 48.8. The molecule has 2 unspecified atom stereocenters. The van der Waals surface area contributed by atoms with Crippen molar-refractivity contribution in [1.82, 2.24) is 0 Å². The molecule has 5 atom stereocenters. The number of aliphatic hydroxyl groups is 1. The Bertz CT molecular complexity index is 1510. The molecule has 0 amide bonds. The molecular formula is C57H110O17P2. The Morgan fingerprint density at radius 3 is 0.895 bits per heavy atom. The molecule has 0 aliphatic heterocycles. The Balaban J connectivity index is 5.19. The minimum atomic E-state index is -4.93. The van der Waals surface area contributed by atoms with Crippen LogP contribution in [0.1, 0.15) is 273 Å². The van der Waals surface area contributed by atoms with Gasteiger partial charge >= 0.3 is 39.5 Å². The number of aliphatic hydroxyl groups excluding tert-OH is 1. The largest absolute Gasteiger partial charge is 0.472 e. The summed E-state index contributed by atoms with van der Waals surface area (Å²) in [6, 6.07) is 0. The zero-order chi connectivity index (χ0) is 56.6. The third kappa shape index (κ3) is 51.5. The van der Waals surface area contributed by atoms with Crippen LogP contribution < -0.4 is 0 Å². The lowest BCUT2D eigenvalue weighted by atomic mass is 10.0. The van der Waals surface area contributed by atoms with E-state index in [1.54, 1.807) is 0 Å². The fourth-order valence-electron chi connectivity index (χ4n) is 8.29. The van der Waals surface area contributed by atoms with Gasteiger partial charge in [-0.3, -0.25) is 37.3 Å². The van der Waals surface area contributed by atoms with Crippen molar-refractivity contribution in [2.75, 3.05) is 39.6 Å². The third-order valence-electron chi connectivity index (χ3n) is 13.0. The SMILES string of the molecule is CCCCCCCCCCCCC(=O)OC[C@H](COP(=O)(O)OC[C@@H](O)COP(=O)(O)OC[C@@H](COC(=O)CCCCCCC)OC(=O)CCCCCCCCC(C)C)OC(=O)CCCCCCCCCCCC(C)C. The van der Waals surface area contributed by atoms with Gasteiger partial charge < -0.3 is 33.8 Å². The van der Waals surface area contributed by atoms with Crippen molar-refractivity contribution in [3.05, 3.63) is 0 Å². The van der Waals surface area contributed by atoms with Crippen molar-refractivity contribution in [3.8, 4) is 0 Å². The molecule has 0 aromatic rings. The van der Waals surface area contributed by atoms with Crippen molar-refractivity contribution in [3.63, 3.8) is 0 Å². The minimum Gasteiger partial charge on any atom is -0.462 e. The Hall–Kier alpha value is -1.94. The molecule has 3 N–H and O–H groups in total. The average molecular weight is 1130 g/mol. The fourth-order valence-corrected chi connectivity index (χ4v) is 9.87. The lowest BCUT2D eigenvalue weighted by Crippen LogP contribution is -2.30. The molecule has 0 bridgehead atoms. The average Bonchev–Trinajstić information content (AvgIpc) is 3.37. The molecule has 0 saturated heterocycles. The summed E-state index contributed by atoms with van der Waals surface area (Å²) in [7, 11) is -9.86. The smallest absolute Gasteiger partial charge is 0.462 e. The molecule has 0 fully saturated rings. The zero-order valence-electron chi connectivity index (χ0n) is 48.5. The van der Waals surface area contributed by atoms with Crippen molar-refractivity contribution in [1.29, 1.82) is 0 Å². The molecule has 17 nitrogen and oxygen atoms in total. The first-order chi connectivity index (χ1) is 36.4. The maximum absolute atomic E-state index is 12.9. The van der Waals surface area contributed by atoms with E-state index in [0.717, 1.165) is 102 Å². The molecular weight excluding hydrogens is 1020 g/mol. The predicted molar refractivity (Wildman–Crippen MR) is 298 cm³/mol. The van der Waals surface area contributed by atoms with Crippen LogP contribution in [0.3, 0.4) is 0 Å². The highest BCUT2D eigenvalue weighted by Gasteiger charge is 2.30. The van der Waals surface area contributed by atoms with Gasteiger partial charge in [-0.15, -0.1) is 0 Å². The summed E-state index contributed by atoms with van der Waals surface area (Å²) >= 11 is 0. The van der Waals surface area contributed by atoms with Gasteiger partial charge in [0.2, 0.25) is 0 Å². The molecule has 0 aromatic carbocycles. The first-order valence-electron chi connectivity index (χ1n) is 30.0. The molecule has 0 radical (unpaired) electrons. The van der Waals surface area contributed by atoms with Gasteiger partial charge in [0, 0.05) is 25.7 Å². The summed E-state index contributed by atoms with van der Waals surface area (Å²) < 4.78 is 67.4. The maximum atomic E-state index is 12.9. The summed E-state index contributed by atoms with van der Waals surface area (Å²) in [6.45, 7) is 9.22. The number of phosphoric ester groups is 2. The second-order valence-corrected chi connectivity index (χ2v) is 24.5.